The molecule has 136 valence electrons. The van der Waals surface area contributed by atoms with Crippen molar-refractivity contribution in [2.24, 2.45) is 0 Å². The quantitative estimate of drug-likeness (QED) is 0.809. The zero-order chi connectivity index (χ0) is 17.9. The number of para-hydroxylation sites is 1. The molecule has 0 aromatic heterocycles. The van der Waals surface area contributed by atoms with Crippen LogP contribution in [0.2, 0.25) is 0 Å². The van der Waals surface area contributed by atoms with Crippen LogP contribution in [0.3, 0.4) is 0 Å². The second-order valence-electron chi connectivity index (χ2n) is 6.78. The molecule has 0 aliphatic carbocycles. The molecular weight excluding hydrogens is 322 g/mol. The molecule has 2 aliphatic rings. The Balaban J connectivity index is 1.63. The van der Waals surface area contributed by atoms with Gasteiger partial charge in [0.1, 0.15) is 11.3 Å². The standard InChI is InChI=1S/C18H25N3O4/c1-20-11-8-19-17(24)18(20)6-9-21(10-7-18)12-14-4-2-3-5-15(14)25-13-16(22)23/h2-5H,6-13H2,1H3,(H,19,24)(H,22,23). The van der Waals surface area contributed by atoms with Crippen molar-refractivity contribution < 1.29 is 19.4 Å². The molecule has 1 aromatic carbocycles. The molecule has 0 bridgehead atoms. The molecule has 2 heterocycles. The van der Waals surface area contributed by atoms with Gasteiger partial charge in [-0.05, 0) is 26.0 Å². The normalized spacial score (nSPS) is 21.1. The summed E-state index contributed by atoms with van der Waals surface area (Å²) in [7, 11) is 2.03. The first-order valence-electron chi connectivity index (χ1n) is 8.66. The maximum absolute atomic E-state index is 12.4. The number of carbonyl (C=O) groups is 2. The van der Waals surface area contributed by atoms with Crippen molar-refractivity contribution in [3.05, 3.63) is 29.8 Å². The smallest absolute Gasteiger partial charge is 0.341 e. The van der Waals surface area contributed by atoms with Gasteiger partial charge >= 0.3 is 5.97 Å². The second kappa shape index (κ2) is 7.41. The third kappa shape index (κ3) is 3.77. The van der Waals surface area contributed by atoms with Gasteiger partial charge in [-0.1, -0.05) is 18.2 Å². The van der Waals surface area contributed by atoms with Crippen LogP contribution in [-0.4, -0.2) is 72.2 Å². The number of piperazine rings is 1. The molecule has 0 saturated carbocycles. The number of amides is 1. The number of hydrogen-bond acceptors (Lipinski definition) is 5. The summed E-state index contributed by atoms with van der Waals surface area (Å²) in [6.45, 7) is 3.60. The van der Waals surface area contributed by atoms with Crippen LogP contribution < -0.4 is 10.1 Å². The van der Waals surface area contributed by atoms with E-state index in [0.717, 1.165) is 44.6 Å². The fourth-order valence-corrected chi connectivity index (χ4v) is 3.73. The highest BCUT2D eigenvalue weighted by Gasteiger charge is 2.46. The van der Waals surface area contributed by atoms with Gasteiger partial charge in [0.15, 0.2) is 6.61 Å². The lowest BCUT2D eigenvalue weighted by Crippen LogP contribution is -2.66. The number of aliphatic carboxylic acids is 1. The first kappa shape index (κ1) is 17.7. The Morgan fingerprint density at radius 1 is 1.28 bits per heavy atom. The summed E-state index contributed by atoms with van der Waals surface area (Å²) in [6, 6.07) is 7.52. The molecule has 25 heavy (non-hydrogen) atoms. The number of hydrogen-bond donors (Lipinski definition) is 2. The highest BCUT2D eigenvalue weighted by molar-refractivity contribution is 5.87. The van der Waals surface area contributed by atoms with E-state index in [9.17, 15) is 9.59 Å². The molecule has 2 N–H and O–H groups in total. The predicted octanol–water partition coefficient (Wildman–Crippen LogP) is 0.546. The first-order valence-corrected chi connectivity index (χ1v) is 8.66. The van der Waals surface area contributed by atoms with Gasteiger partial charge in [0.2, 0.25) is 5.91 Å². The SMILES string of the molecule is CN1CCNC(=O)C12CCN(Cc1ccccc1OCC(=O)O)CC2. The van der Waals surface area contributed by atoms with Gasteiger partial charge in [-0.25, -0.2) is 4.79 Å². The van der Waals surface area contributed by atoms with Gasteiger partial charge < -0.3 is 15.2 Å². The van der Waals surface area contributed by atoms with E-state index >= 15 is 0 Å². The second-order valence-corrected chi connectivity index (χ2v) is 6.78. The Bertz CT molecular complexity index is 641. The summed E-state index contributed by atoms with van der Waals surface area (Å²) in [6.07, 6.45) is 1.60. The first-order chi connectivity index (χ1) is 12.0. The van der Waals surface area contributed by atoms with Crippen LogP contribution >= 0.6 is 0 Å². The molecule has 2 saturated heterocycles. The molecule has 0 unspecified atom stereocenters. The van der Waals surface area contributed by atoms with Crippen molar-refractivity contribution in [3.8, 4) is 5.75 Å². The summed E-state index contributed by atoms with van der Waals surface area (Å²) < 4.78 is 5.39. The molecule has 7 heteroatoms. The van der Waals surface area contributed by atoms with Crippen LogP contribution in [0.1, 0.15) is 18.4 Å². The van der Waals surface area contributed by atoms with Crippen LogP contribution in [0.4, 0.5) is 0 Å². The molecule has 1 aromatic rings. The van der Waals surface area contributed by atoms with Crippen LogP contribution in [0.5, 0.6) is 5.75 Å². The fraction of sp³-hybridized carbons (Fsp3) is 0.556. The topological polar surface area (TPSA) is 82.1 Å². The van der Waals surface area contributed by atoms with E-state index in [2.05, 4.69) is 15.1 Å². The zero-order valence-electron chi connectivity index (χ0n) is 14.5. The third-order valence-corrected chi connectivity index (χ3v) is 5.29. The number of piperidine rings is 1. The largest absolute Gasteiger partial charge is 0.482 e. The van der Waals surface area contributed by atoms with E-state index in [1.165, 1.54) is 0 Å². The van der Waals surface area contributed by atoms with Crippen molar-refractivity contribution in [1.82, 2.24) is 15.1 Å². The number of carboxylic acids is 1. The van der Waals surface area contributed by atoms with Crippen molar-refractivity contribution in [1.29, 1.82) is 0 Å². The van der Waals surface area contributed by atoms with Gasteiger partial charge in [-0.2, -0.15) is 0 Å². The van der Waals surface area contributed by atoms with E-state index < -0.39 is 5.97 Å². The lowest BCUT2D eigenvalue weighted by atomic mass is 9.83. The predicted molar refractivity (Wildman–Crippen MR) is 92.5 cm³/mol. The maximum atomic E-state index is 12.4. The van der Waals surface area contributed by atoms with Gasteiger partial charge in [-0.15, -0.1) is 0 Å². The van der Waals surface area contributed by atoms with E-state index in [1.807, 2.05) is 25.2 Å². The van der Waals surface area contributed by atoms with E-state index in [4.69, 9.17) is 9.84 Å². The van der Waals surface area contributed by atoms with Crippen LogP contribution in [0.15, 0.2) is 24.3 Å². The van der Waals surface area contributed by atoms with Crippen molar-refractivity contribution in [2.45, 2.75) is 24.9 Å². The summed E-state index contributed by atoms with van der Waals surface area (Å²) in [5.41, 5.74) is 0.592. The van der Waals surface area contributed by atoms with Crippen molar-refractivity contribution >= 4 is 11.9 Å². The van der Waals surface area contributed by atoms with Crippen molar-refractivity contribution in [2.75, 3.05) is 39.8 Å². The molecular formula is C18H25N3O4. The Morgan fingerprint density at radius 3 is 2.68 bits per heavy atom. The average Bonchev–Trinajstić information content (AvgIpc) is 2.60. The lowest BCUT2D eigenvalue weighted by molar-refractivity contribution is -0.140. The van der Waals surface area contributed by atoms with E-state index in [-0.39, 0.29) is 18.1 Å². The average molecular weight is 347 g/mol. The van der Waals surface area contributed by atoms with Crippen LogP contribution in [0.25, 0.3) is 0 Å². The number of likely N-dealkylation sites (N-methyl/N-ethyl adjacent to an activating group) is 1. The summed E-state index contributed by atoms with van der Waals surface area (Å²) in [5.74, 6) is -0.232. The molecule has 0 atom stereocenters. The van der Waals surface area contributed by atoms with Gasteiger partial charge in [0.25, 0.3) is 0 Å². The summed E-state index contributed by atoms with van der Waals surface area (Å²) in [4.78, 5) is 27.6. The highest BCUT2D eigenvalue weighted by Crippen LogP contribution is 2.31. The molecule has 3 rings (SSSR count). The monoisotopic (exact) mass is 347 g/mol. The molecule has 1 spiro atoms. The summed E-state index contributed by atoms with van der Waals surface area (Å²) >= 11 is 0. The molecule has 1 amide bonds. The zero-order valence-corrected chi connectivity index (χ0v) is 14.5. The fourth-order valence-electron chi connectivity index (χ4n) is 3.73. The Morgan fingerprint density at radius 2 is 2.00 bits per heavy atom. The maximum Gasteiger partial charge on any atom is 0.341 e. The highest BCUT2D eigenvalue weighted by atomic mass is 16.5. The Labute approximate surface area is 147 Å². The minimum Gasteiger partial charge on any atom is -0.482 e. The number of nitrogens with one attached hydrogen (secondary N) is 1. The lowest BCUT2D eigenvalue weighted by Gasteiger charge is -2.48. The van der Waals surface area contributed by atoms with Crippen LogP contribution in [0, 0.1) is 0 Å². The molecule has 2 aliphatic heterocycles. The minimum absolute atomic E-state index is 0.145. The van der Waals surface area contributed by atoms with Gasteiger partial charge in [-0.3, -0.25) is 14.6 Å². The third-order valence-electron chi connectivity index (χ3n) is 5.29. The molecule has 2 fully saturated rings. The number of ether oxygens (including phenoxy) is 1. The number of likely N-dealkylation sites (tertiary alicyclic amines) is 1. The number of carbonyl (C=O) groups excluding carboxylic acids is 1. The van der Waals surface area contributed by atoms with Crippen molar-refractivity contribution in [3.63, 3.8) is 0 Å². The van der Waals surface area contributed by atoms with Gasteiger partial charge in [0, 0.05) is 38.3 Å². The van der Waals surface area contributed by atoms with Crippen LogP contribution in [-0.2, 0) is 16.1 Å². The number of nitrogens with zero attached hydrogens (tertiary/aromatic N) is 2. The van der Waals surface area contributed by atoms with E-state index in [1.54, 1.807) is 6.07 Å². The number of carboxylic acid groups (broad SMARTS) is 1. The number of benzene rings is 1. The minimum atomic E-state index is -0.985. The Hall–Kier alpha value is -2.12. The van der Waals surface area contributed by atoms with Gasteiger partial charge in [0.05, 0.1) is 0 Å². The number of rotatable bonds is 5. The summed E-state index contributed by atoms with van der Waals surface area (Å²) in [5, 5.41) is 11.8. The molecule has 0 radical (unpaired) electrons. The van der Waals surface area contributed by atoms with E-state index in [0.29, 0.717) is 12.3 Å². The Kier molecular flexibility index (Phi) is 5.24. The molecule has 7 nitrogen and oxygen atoms in total.